The van der Waals surface area contributed by atoms with Gasteiger partial charge in [0.25, 0.3) is 5.91 Å². The Morgan fingerprint density at radius 1 is 1.04 bits per heavy atom. The Morgan fingerprint density at radius 2 is 1.67 bits per heavy atom. The molecule has 0 spiro atoms. The highest BCUT2D eigenvalue weighted by Gasteiger charge is 2.25. The number of benzene rings is 1. The molecule has 1 amide bonds. The van der Waals surface area contributed by atoms with Crippen LogP contribution in [0.2, 0.25) is 0 Å². The molecule has 1 aliphatic rings. The van der Waals surface area contributed by atoms with Crippen LogP contribution in [0.1, 0.15) is 42.6 Å². The molecule has 1 aliphatic heterocycles. The maximum atomic E-state index is 12.7. The van der Waals surface area contributed by atoms with Gasteiger partial charge < -0.3 is 14.2 Å². The van der Waals surface area contributed by atoms with Crippen LogP contribution in [0.4, 0.5) is 6.01 Å². The van der Waals surface area contributed by atoms with Crippen molar-refractivity contribution in [2.45, 2.75) is 33.1 Å². The topological polar surface area (TPSA) is 62.5 Å². The van der Waals surface area contributed by atoms with E-state index in [0.717, 1.165) is 5.56 Å². The highest BCUT2D eigenvalue weighted by atomic mass is 16.4. The summed E-state index contributed by atoms with van der Waals surface area (Å²) < 4.78 is 5.45. The molecule has 1 aromatic carbocycles. The number of aryl methyl sites for hydroxylation is 1. The molecular formula is C18H24N4O2. The number of aromatic nitrogens is 2. The second kappa shape index (κ2) is 6.26. The zero-order valence-corrected chi connectivity index (χ0v) is 14.7. The van der Waals surface area contributed by atoms with Crippen molar-refractivity contribution in [1.82, 2.24) is 15.1 Å². The van der Waals surface area contributed by atoms with Gasteiger partial charge in [0.15, 0.2) is 0 Å². The van der Waals surface area contributed by atoms with Crippen LogP contribution in [0, 0.1) is 6.92 Å². The van der Waals surface area contributed by atoms with Crippen molar-refractivity contribution in [2.75, 3.05) is 31.1 Å². The summed E-state index contributed by atoms with van der Waals surface area (Å²) in [7, 11) is 0. The number of rotatable bonds is 2. The van der Waals surface area contributed by atoms with Crippen LogP contribution < -0.4 is 4.90 Å². The van der Waals surface area contributed by atoms with Gasteiger partial charge in [-0.1, -0.05) is 38.0 Å². The van der Waals surface area contributed by atoms with Gasteiger partial charge in [0.2, 0.25) is 5.89 Å². The number of carbonyl (C=O) groups excluding carboxylic acids is 1. The molecule has 0 atom stereocenters. The van der Waals surface area contributed by atoms with Crippen LogP contribution in [0.25, 0.3) is 0 Å². The molecule has 128 valence electrons. The third kappa shape index (κ3) is 3.42. The molecule has 0 radical (unpaired) electrons. The van der Waals surface area contributed by atoms with E-state index in [9.17, 15) is 4.79 Å². The van der Waals surface area contributed by atoms with E-state index in [1.54, 1.807) is 6.92 Å². The fraction of sp³-hybridized carbons (Fsp3) is 0.500. The summed E-state index contributed by atoms with van der Waals surface area (Å²) >= 11 is 0. The van der Waals surface area contributed by atoms with Crippen LogP contribution >= 0.6 is 0 Å². The Labute approximate surface area is 142 Å². The van der Waals surface area contributed by atoms with Gasteiger partial charge in [-0.15, -0.1) is 5.10 Å². The first-order valence-corrected chi connectivity index (χ1v) is 8.29. The van der Waals surface area contributed by atoms with Crippen LogP contribution in [0.15, 0.2) is 28.7 Å². The molecule has 0 unspecified atom stereocenters. The van der Waals surface area contributed by atoms with E-state index >= 15 is 0 Å². The van der Waals surface area contributed by atoms with Crippen molar-refractivity contribution in [3.8, 4) is 0 Å². The number of anilines is 1. The maximum Gasteiger partial charge on any atom is 0.318 e. The lowest BCUT2D eigenvalue weighted by Gasteiger charge is -2.33. The molecular weight excluding hydrogens is 304 g/mol. The molecule has 1 aromatic heterocycles. The average Bonchev–Trinajstić information content (AvgIpc) is 3.00. The van der Waals surface area contributed by atoms with Crippen LogP contribution in [0.3, 0.4) is 0 Å². The lowest BCUT2D eigenvalue weighted by Crippen LogP contribution is -2.49. The molecule has 1 fully saturated rings. The Bertz CT molecular complexity index is 707. The van der Waals surface area contributed by atoms with Gasteiger partial charge in [0.1, 0.15) is 0 Å². The van der Waals surface area contributed by atoms with Crippen molar-refractivity contribution in [1.29, 1.82) is 0 Å². The highest BCUT2D eigenvalue weighted by Crippen LogP contribution is 2.23. The third-order valence-electron chi connectivity index (χ3n) is 4.35. The molecule has 3 rings (SSSR count). The van der Waals surface area contributed by atoms with E-state index in [1.807, 2.05) is 34.1 Å². The first kappa shape index (κ1) is 16.5. The van der Waals surface area contributed by atoms with Crippen molar-refractivity contribution >= 4 is 11.9 Å². The highest BCUT2D eigenvalue weighted by molar-refractivity contribution is 5.94. The van der Waals surface area contributed by atoms with E-state index in [-0.39, 0.29) is 11.3 Å². The van der Waals surface area contributed by atoms with Crippen molar-refractivity contribution < 1.29 is 9.21 Å². The minimum Gasteiger partial charge on any atom is -0.408 e. The summed E-state index contributed by atoms with van der Waals surface area (Å²) in [5.74, 6) is 0.638. The fourth-order valence-corrected chi connectivity index (χ4v) is 2.81. The molecule has 2 heterocycles. The van der Waals surface area contributed by atoms with Crippen LogP contribution in [-0.2, 0) is 5.41 Å². The normalized spacial score (nSPS) is 15.7. The van der Waals surface area contributed by atoms with Crippen LogP contribution in [-0.4, -0.2) is 47.2 Å². The largest absolute Gasteiger partial charge is 0.408 e. The average molecular weight is 328 g/mol. The van der Waals surface area contributed by atoms with Gasteiger partial charge in [0.05, 0.1) is 0 Å². The predicted octanol–water partition coefficient (Wildman–Crippen LogP) is 2.64. The van der Waals surface area contributed by atoms with E-state index in [4.69, 9.17) is 4.42 Å². The second-order valence-corrected chi connectivity index (χ2v) is 7.21. The first-order chi connectivity index (χ1) is 11.3. The minimum absolute atomic E-state index is 0.0804. The smallest absolute Gasteiger partial charge is 0.318 e. The molecule has 6 nitrogen and oxygen atoms in total. The van der Waals surface area contributed by atoms with E-state index in [0.29, 0.717) is 38.1 Å². The SMILES string of the molecule is Cc1nnc(N2CCN(C(=O)c3ccc(C(C)(C)C)cc3)CC2)o1. The summed E-state index contributed by atoms with van der Waals surface area (Å²) in [6.07, 6.45) is 0. The lowest BCUT2D eigenvalue weighted by molar-refractivity contribution is 0.0745. The van der Waals surface area contributed by atoms with Crippen LogP contribution in [0.5, 0.6) is 0 Å². The van der Waals surface area contributed by atoms with E-state index < -0.39 is 0 Å². The first-order valence-electron chi connectivity index (χ1n) is 8.29. The Kier molecular flexibility index (Phi) is 4.30. The predicted molar refractivity (Wildman–Crippen MR) is 92.3 cm³/mol. The molecule has 24 heavy (non-hydrogen) atoms. The summed E-state index contributed by atoms with van der Waals surface area (Å²) in [6.45, 7) is 11.0. The van der Waals surface area contributed by atoms with Crippen molar-refractivity contribution in [2.24, 2.45) is 0 Å². The lowest BCUT2D eigenvalue weighted by atomic mass is 9.86. The summed E-state index contributed by atoms with van der Waals surface area (Å²) in [4.78, 5) is 16.6. The molecule has 1 saturated heterocycles. The van der Waals surface area contributed by atoms with E-state index in [2.05, 4.69) is 31.0 Å². The molecule has 6 heteroatoms. The number of hydrogen-bond acceptors (Lipinski definition) is 5. The Balaban J connectivity index is 1.63. The van der Waals surface area contributed by atoms with Gasteiger partial charge in [-0.05, 0) is 23.1 Å². The fourth-order valence-electron chi connectivity index (χ4n) is 2.81. The van der Waals surface area contributed by atoms with Gasteiger partial charge in [-0.2, -0.15) is 0 Å². The number of amides is 1. The number of piperazine rings is 1. The van der Waals surface area contributed by atoms with E-state index in [1.165, 1.54) is 5.56 Å². The Hall–Kier alpha value is -2.37. The molecule has 0 N–H and O–H groups in total. The van der Waals surface area contributed by atoms with Crippen molar-refractivity contribution in [3.63, 3.8) is 0 Å². The van der Waals surface area contributed by atoms with Gasteiger partial charge >= 0.3 is 6.01 Å². The summed E-state index contributed by atoms with van der Waals surface area (Å²) in [5, 5.41) is 7.89. The Morgan fingerprint density at radius 3 is 2.17 bits per heavy atom. The molecule has 0 saturated carbocycles. The third-order valence-corrected chi connectivity index (χ3v) is 4.35. The summed E-state index contributed by atoms with van der Waals surface area (Å²) in [5.41, 5.74) is 2.07. The summed E-state index contributed by atoms with van der Waals surface area (Å²) in [6, 6.07) is 8.48. The molecule has 2 aromatic rings. The standard InChI is InChI=1S/C18H24N4O2/c1-13-19-20-17(24-13)22-11-9-21(10-12-22)16(23)14-5-7-15(8-6-14)18(2,3)4/h5-8H,9-12H2,1-4H3. The number of hydrogen-bond donors (Lipinski definition) is 0. The quantitative estimate of drug-likeness (QED) is 0.848. The minimum atomic E-state index is 0.0804. The molecule has 0 bridgehead atoms. The zero-order chi connectivity index (χ0) is 17.3. The maximum absolute atomic E-state index is 12.7. The molecule has 0 aliphatic carbocycles. The monoisotopic (exact) mass is 328 g/mol. The van der Waals surface area contributed by atoms with Crippen molar-refractivity contribution in [3.05, 3.63) is 41.3 Å². The van der Waals surface area contributed by atoms with Gasteiger partial charge in [-0.25, -0.2) is 0 Å². The number of nitrogens with zero attached hydrogens (tertiary/aromatic N) is 4. The van der Waals surface area contributed by atoms with Gasteiger partial charge in [0, 0.05) is 38.7 Å². The second-order valence-electron chi connectivity index (χ2n) is 7.21. The zero-order valence-electron chi connectivity index (χ0n) is 14.7. The number of carbonyl (C=O) groups is 1. The van der Waals surface area contributed by atoms with Gasteiger partial charge in [-0.3, -0.25) is 4.79 Å².